The number of nitriles is 1. The van der Waals surface area contributed by atoms with Gasteiger partial charge in [-0.3, -0.25) is 4.90 Å². The standard InChI is InChI=1S/C21H22N2O2/c22-14-15-5-7-17(8-6-15)25-18-9-11-23(12-10-18)20-13-16-3-1-2-4-19(16)21(20)24/h1-8,18,20-21,24H,9-13H2. The van der Waals surface area contributed by atoms with E-state index in [0.717, 1.165) is 43.7 Å². The van der Waals surface area contributed by atoms with Crippen molar-refractivity contribution in [1.82, 2.24) is 4.90 Å². The lowest BCUT2D eigenvalue weighted by molar-refractivity contribution is 0.0215. The fraction of sp³-hybridized carbons (Fsp3) is 0.381. The van der Waals surface area contributed by atoms with Crippen molar-refractivity contribution in [2.45, 2.75) is 37.5 Å². The van der Waals surface area contributed by atoms with Crippen molar-refractivity contribution in [3.05, 3.63) is 65.2 Å². The van der Waals surface area contributed by atoms with Crippen LogP contribution in [0.3, 0.4) is 0 Å². The van der Waals surface area contributed by atoms with Crippen LogP contribution >= 0.6 is 0 Å². The van der Waals surface area contributed by atoms with Crippen LogP contribution in [0.25, 0.3) is 0 Å². The minimum Gasteiger partial charge on any atom is -0.490 e. The van der Waals surface area contributed by atoms with Gasteiger partial charge in [0.2, 0.25) is 0 Å². The van der Waals surface area contributed by atoms with Crippen LogP contribution in [0, 0.1) is 11.3 Å². The highest BCUT2D eigenvalue weighted by molar-refractivity contribution is 5.36. The molecule has 1 aliphatic carbocycles. The second-order valence-corrected chi connectivity index (χ2v) is 6.90. The predicted molar refractivity (Wildman–Crippen MR) is 95.3 cm³/mol. The molecule has 1 saturated heterocycles. The molecular weight excluding hydrogens is 312 g/mol. The summed E-state index contributed by atoms with van der Waals surface area (Å²) in [7, 11) is 0. The number of aliphatic hydroxyl groups excluding tert-OH is 1. The van der Waals surface area contributed by atoms with E-state index in [1.807, 2.05) is 30.3 Å². The SMILES string of the molecule is N#Cc1ccc(OC2CCN(C3Cc4ccccc4C3O)CC2)cc1. The molecule has 4 heteroatoms. The number of nitrogens with zero attached hydrogens (tertiary/aromatic N) is 2. The van der Waals surface area contributed by atoms with Gasteiger partial charge in [0.1, 0.15) is 11.9 Å². The van der Waals surface area contributed by atoms with Gasteiger partial charge in [0.15, 0.2) is 0 Å². The van der Waals surface area contributed by atoms with Crippen LogP contribution in [0.1, 0.15) is 35.6 Å². The largest absolute Gasteiger partial charge is 0.490 e. The van der Waals surface area contributed by atoms with E-state index < -0.39 is 0 Å². The van der Waals surface area contributed by atoms with Crippen LogP contribution in [0.4, 0.5) is 0 Å². The van der Waals surface area contributed by atoms with Crippen LogP contribution in [0.15, 0.2) is 48.5 Å². The lowest BCUT2D eigenvalue weighted by atomic mass is 10.0. The van der Waals surface area contributed by atoms with Gasteiger partial charge >= 0.3 is 0 Å². The second-order valence-electron chi connectivity index (χ2n) is 6.90. The molecule has 2 aliphatic rings. The summed E-state index contributed by atoms with van der Waals surface area (Å²) < 4.78 is 6.06. The summed E-state index contributed by atoms with van der Waals surface area (Å²) in [6.45, 7) is 1.88. The first kappa shape index (κ1) is 16.1. The van der Waals surface area contributed by atoms with Gasteiger partial charge in [-0.25, -0.2) is 0 Å². The van der Waals surface area contributed by atoms with Crippen molar-refractivity contribution in [3.8, 4) is 11.8 Å². The van der Waals surface area contributed by atoms with Crippen molar-refractivity contribution in [1.29, 1.82) is 5.26 Å². The normalized spacial score (nSPS) is 23.8. The molecule has 0 amide bonds. The Balaban J connectivity index is 1.34. The molecule has 4 nitrogen and oxygen atoms in total. The van der Waals surface area contributed by atoms with Gasteiger partial charge in [0, 0.05) is 19.1 Å². The molecule has 1 N–H and O–H groups in total. The Kier molecular flexibility index (Phi) is 4.44. The lowest BCUT2D eigenvalue weighted by Gasteiger charge is -2.37. The molecule has 2 aromatic carbocycles. The van der Waals surface area contributed by atoms with E-state index in [2.05, 4.69) is 17.0 Å². The van der Waals surface area contributed by atoms with Crippen LogP contribution < -0.4 is 4.74 Å². The Labute approximate surface area is 148 Å². The first-order valence-electron chi connectivity index (χ1n) is 8.91. The zero-order valence-electron chi connectivity index (χ0n) is 14.1. The fourth-order valence-corrected chi connectivity index (χ4v) is 4.01. The monoisotopic (exact) mass is 334 g/mol. The quantitative estimate of drug-likeness (QED) is 0.937. The van der Waals surface area contributed by atoms with Gasteiger partial charge in [-0.15, -0.1) is 0 Å². The number of hydrogen-bond donors (Lipinski definition) is 1. The average molecular weight is 334 g/mol. The number of hydrogen-bond acceptors (Lipinski definition) is 4. The van der Waals surface area contributed by atoms with Gasteiger partial charge in [-0.05, 0) is 54.7 Å². The Morgan fingerprint density at radius 1 is 1.04 bits per heavy atom. The summed E-state index contributed by atoms with van der Waals surface area (Å²) in [5, 5.41) is 19.5. The molecule has 0 spiro atoms. The number of rotatable bonds is 3. The Morgan fingerprint density at radius 2 is 1.76 bits per heavy atom. The topological polar surface area (TPSA) is 56.5 Å². The van der Waals surface area contributed by atoms with E-state index in [1.165, 1.54) is 5.56 Å². The van der Waals surface area contributed by atoms with E-state index in [1.54, 1.807) is 12.1 Å². The molecule has 0 bridgehead atoms. The predicted octanol–water partition coefficient (Wildman–Crippen LogP) is 3.06. The Bertz CT molecular complexity index is 773. The first-order valence-corrected chi connectivity index (χ1v) is 8.91. The molecule has 4 rings (SSSR count). The van der Waals surface area contributed by atoms with Crippen molar-refractivity contribution >= 4 is 0 Å². The summed E-state index contributed by atoms with van der Waals surface area (Å²) in [4.78, 5) is 2.41. The molecule has 0 radical (unpaired) electrons. The number of ether oxygens (including phenoxy) is 1. The molecule has 2 unspecified atom stereocenters. The van der Waals surface area contributed by atoms with E-state index >= 15 is 0 Å². The minimum absolute atomic E-state index is 0.188. The van der Waals surface area contributed by atoms with Gasteiger partial charge < -0.3 is 9.84 Å². The summed E-state index contributed by atoms with van der Waals surface area (Å²) >= 11 is 0. The van der Waals surface area contributed by atoms with Gasteiger partial charge in [0.25, 0.3) is 0 Å². The maximum absolute atomic E-state index is 10.6. The maximum atomic E-state index is 10.6. The number of likely N-dealkylation sites (tertiary alicyclic amines) is 1. The third-order valence-electron chi connectivity index (χ3n) is 5.40. The molecule has 1 fully saturated rings. The molecule has 2 atom stereocenters. The molecule has 1 heterocycles. The van der Waals surface area contributed by atoms with Crippen LogP contribution in [-0.4, -0.2) is 35.2 Å². The van der Waals surface area contributed by atoms with Crippen molar-refractivity contribution in [2.24, 2.45) is 0 Å². The van der Waals surface area contributed by atoms with Gasteiger partial charge in [-0.2, -0.15) is 5.26 Å². The molecule has 0 aromatic heterocycles. The lowest BCUT2D eigenvalue weighted by Crippen LogP contribution is -2.45. The maximum Gasteiger partial charge on any atom is 0.119 e. The van der Waals surface area contributed by atoms with Crippen molar-refractivity contribution < 1.29 is 9.84 Å². The van der Waals surface area contributed by atoms with Crippen LogP contribution in [-0.2, 0) is 6.42 Å². The van der Waals surface area contributed by atoms with Gasteiger partial charge in [-0.1, -0.05) is 24.3 Å². The molecule has 25 heavy (non-hydrogen) atoms. The number of fused-ring (bicyclic) bond motifs is 1. The zero-order valence-corrected chi connectivity index (χ0v) is 14.1. The smallest absolute Gasteiger partial charge is 0.119 e. The van der Waals surface area contributed by atoms with Crippen LogP contribution in [0.5, 0.6) is 5.75 Å². The molecule has 2 aromatic rings. The third-order valence-corrected chi connectivity index (χ3v) is 5.40. The van der Waals surface area contributed by atoms with E-state index in [9.17, 15) is 5.11 Å². The minimum atomic E-state index is -0.382. The van der Waals surface area contributed by atoms with Crippen molar-refractivity contribution in [2.75, 3.05) is 13.1 Å². The Morgan fingerprint density at radius 3 is 2.44 bits per heavy atom. The summed E-state index contributed by atoms with van der Waals surface area (Å²) in [6.07, 6.45) is 2.66. The van der Waals surface area contributed by atoms with Crippen molar-refractivity contribution in [3.63, 3.8) is 0 Å². The zero-order chi connectivity index (χ0) is 17.2. The summed E-state index contributed by atoms with van der Waals surface area (Å²) in [6, 6.07) is 17.8. The first-order chi connectivity index (χ1) is 12.2. The number of benzene rings is 2. The number of piperidine rings is 1. The van der Waals surface area contributed by atoms with E-state index in [4.69, 9.17) is 10.00 Å². The third kappa shape index (κ3) is 3.26. The van der Waals surface area contributed by atoms with Crippen LogP contribution in [0.2, 0.25) is 0 Å². The number of aliphatic hydroxyl groups is 1. The van der Waals surface area contributed by atoms with E-state index in [-0.39, 0.29) is 18.2 Å². The Hall–Kier alpha value is -2.35. The second kappa shape index (κ2) is 6.87. The van der Waals surface area contributed by atoms with E-state index in [0.29, 0.717) is 5.56 Å². The average Bonchev–Trinajstić information content (AvgIpc) is 3.00. The molecular formula is C21H22N2O2. The molecule has 128 valence electrons. The highest BCUT2D eigenvalue weighted by atomic mass is 16.5. The fourth-order valence-electron chi connectivity index (χ4n) is 4.01. The highest BCUT2D eigenvalue weighted by Crippen LogP contribution is 2.35. The molecule has 0 saturated carbocycles. The summed E-state index contributed by atoms with van der Waals surface area (Å²) in [5.74, 6) is 0.825. The highest BCUT2D eigenvalue weighted by Gasteiger charge is 2.36. The van der Waals surface area contributed by atoms with Gasteiger partial charge in [0.05, 0.1) is 17.7 Å². The molecule has 1 aliphatic heterocycles. The summed E-state index contributed by atoms with van der Waals surface area (Å²) in [5.41, 5.74) is 3.01.